The summed E-state index contributed by atoms with van der Waals surface area (Å²) in [6, 6.07) is 13.7. The van der Waals surface area contributed by atoms with Gasteiger partial charge in [0.05, 0.1) is 35.1 Å². The maximum atomic E-state index is 12.2. The third kappa shape index (κ3) is 3.84. The molecule has 0 radical (unpaired) electrons. The molecule has 3 aromatic heterocycles. The average molecular weight is 378 g/mol. The molecule has 0 aliphatic carbocycles. The van der Waals surface area contributed by atoms with Gasteiger partial charge in [0.25, 0.3) is 0 Å². The number of anilines is 1. The van der Waals surface area contributed by atoms with E-state index in [-0.39, 0.29) is 12.3 Å². The van der Waals surface area contributed by atoms with E-state index in [1.165, 1.54) is 0 Å². The molecule has 0 atom stereocenters. The Balaban J connectivity index is 1.39. The number of carbonyl (C=O) groups excluding carboxylic acids is 1. The molecule has 0 saturated heterocycles. The Labute approximate surface area is 158 Å². The fourth-order valence-corrected chi connectivity index (χ4v) is 4.03. The van der Waals surface area contributed by atoms with E-state index in [1.807, 2.05) is 53.2 Å². The van der Waals surface area contributed by atoms with Crippen molar-refractivity contribution in [3.63, 3.8) is 0 Å². The molecule has 26 heavy (non-hydrogen) atoms. The largest absolute Gasteiger partial charge is 0.323 e. The summed E-state index contributed by atoms with van der Waals surface area (Å²) < 4.78 is 0. The third-order valence-electron chi connectivity index (χ3n) is 3.59. The lowest BCUT2D eigenvalue weighted by molar-refractivity contribution is -0.115. The van der Waals surface area contributed by atoms with Crippen LogP contribution in [0.1, 0.15) is 5.69 Å². The fourth-order valence-electron chi connectivity index (χ4n) is 2.40. The molecule has 1 aromatic carbocycles. The molecule has 0 bridgehead atoms. The van der Waals surface area contributed by atoms with Gasteiger partial charge in [-0.1, -0.05) is 36.4 Å². The summed E-state index contributed by atoms with van der Waals surface area (Å²) in [5.41, 5.74) is 2.27. The summed E-state index contributed by atoms with van der Waals surface area (Å²) in [6.45, 7) is 0. The van der Waals surface area contributed by atoms with Crippen LogP contribution in [0.5, 0.6) is 0 Å². The van der Waals surface area contributed by atoms with Crippen molar-refractivity contribution >= 4 is 34.3 Å². The van der Waals surface area contributed by atoms with Gasteiger partial charge in [0, 0.05) is 10.9 Å². The minimum atomic E-state index is -0.135. The van der Waals surface area contributed by atoms with Crippen LogP contribution >= 0.6 is 22.7 Å². The Morgan fingerprint density at radius 1 is 1.00 bits per heavy atom. The monoisotopic (exact) mass is 378 g/mol. The molecule has 3 heterocycles. The van der Waals surface area contributed by atoms with Crippen LogP contribution in [-0.2, 0) is 11.2 Å². The predicted molar refractivity (Wildman–Crippen MR) is 105 cm³/mol. The number of carbonyl (C=O) groups is 1. The molecule has 0 aliphatic rings. The quantitative estimate of drug-likeness (QED) is 0.555. The molecule has 0 aliphatic heterocycles. The molecule has 7 heteroatoms. The summed E-state index contributed by atoms with van der Waals surface area (Å²) in [5, 5.41) is 7.70. The van der Waals surface area contributed by atoms with Crippen molar-refractivity contribution in [2.45, 2.75) is 6.42 Å². The van der Waals surface area contributed by atoms with Gasteiger partial charge in [-0.3, -0.25) is 4.79 Å². The van der Waals surface area contributed by atoms with Crippen LogP contribution in [0, 0.1) is 0 Å². The number of thiophene rings is 1. The maximum Gasteiger partial charge on any atom is 0.230 e. The number of rotatable bonds is 5. The van der Waals surface area contributed by atoms with E-state index in [0.717, 1.165) is 21.1 Å². The molecule has 0 unspecified atom stereocenters. The Hall–Kier alpha value is -2.90. The first-order valence-electron chi connectivity index (χ1n) is 7.93. The normalized spacial score (nSPS) is 10.6. The number of nitrogens with one attached hydrogen (secondary N) is 1. The molecule has 128 valence electrons. The molecule has 4 rings (SSSR count). The lowest BCUT2D eigenvalue weighted by Gasteiger charge is -2.04. The number of hydrogen-bond donors (Lipinski definition) is 1. The zero-order chi connectivity index (χ0) is 17.8. The minimum absolute atomic E-state index is 0.135. The van der Waals surface area contributed by atoms with Crippen LogP contribution in [0.25, 0.3) is 21.3 Å². The van der Waals surface area contributed by atoms with Gasteiger partial charge in [-0.25, -0.2) is 15.0 Å². The van der Waals surface area contributed by atoms with Gasteiger partial charge in [-0.15, -0.1) is 22.7 Å². The summed E-state index contributed by atoms with van der Waals surface area (Å²) in [5.74, 6) is 0.493. The molecule has 0 saturated carbocycles. The van der Waals surface area contributed by atoms with Crippen LogP contribution in [-0.4, -0.2) is 20.9 Å². The lowest BCUT2D eigenvalue weighted by atomic mass is 10.2. The topological polar surface area (TPSA) is 67.8 Å². The summed E-state index contributed by atoms with van der Waals surface area (Å²) in [7, 11) is 0. The molecule has 5 nitrogen and oxygen atoms in total. The Kier molecular flexibility index (Phi) is 4.81. The number of benzene rings is 1. The van der Waals surface area contributed by atoms with Gasteiger partial charge >= 0.3 is 0 Å². The number of aromatic nitrogens is 3. The van der Waals surface area contributed by atoms with E-state index in [2.05, 4.69) is 20.3 Å². The molecular formula is C19H14N4OS2. The first kappa shape index (κ1) is 16.6. The zero-order valence-corrected chi connectivity index (χ0v) is 15.3. The highest BCUT2D eigenvalue weighted by molar-refractivity contribution is 7.20. The minimum Gasteiger partial charge on any atom is -0.323 e. The number of hydrogen-bond acceptors (Lipinski definition) is 6. The summed E-state index contributed by atoms with van der Waals surface area (Å²) >= 11 is 3.19. The second kappa shape index (κ2) is 7.55. The van der Waals surface area contributed by atoms with Crippen LogP contribution in [0.2, 0.25) is 0 Å². The van der Waals surface area contributed by atoms with Crippen molar-refractivity contribution < 1.29 is 4.79 Å². The Morgan fingerprint density at radius 2 is 1.81 bits per heavy atom. The second-order valence-electron chi connectivity index (χ2n) is 5.51. The molecule has 1 N–H and O–H groups in total. The fraction of sp³-hybridized carbons (Fsp3) is 0.0526. The molecule has 4 aromatic rings. The summed E-state index contributed by atoms with van der Waals surface area (Å²) in [6.07, 6.45) is 3.46. The smallest absolute Gasteiger partial charge is 0.230 e. The van der Waals surface area contributed by atoms with E-state index in [0.29, 0.717) is 11.5 Å². The van der Waals surface area contributed by atoms with E-state index < -0.39 is 0 Å². The van der Waals surface area contributed by atoms with Gasteiger partial charge in [-0.2, -0.15) is 0 Å². The zero-order valence-electron chi connectivity index (χ0n) is 13.6. The van der Waals surface area contributed by atoms with E-state index in [4.69, 9.17) is 0 Å². The first-order valence-corrected chi connectivity index (χ1v) is 9.69. The van der Waals surface area contributed by atoms with Crippen molar-refractivity contribution in [1.82, 2.24) is 15.0 Å². The van der Waals surface area contributed by atoms with Crippen LogP contribution < -0.4 is 5.32 Å². The molecule has 0 fully saturated rings. The van der Waals surface area contributed by atoms with Crippen LogP contribution in [0.3, 0.4) is 0 Å². The van der Waals surface area contributed by atoms with Crippen LogP contribution in [0.15, 0.2) is 65.6 Å². The van der Waals surface area contributed by atoms with Crippen molar-refractivity contribution in [2.24, 2.45) is 0 Å². The number of thiazole rings is 1. The molecule has 1 amide bonds. The van der Waals surface area contributed by atoms with Gasteiger partial charge in [0.2, 0.25) is 5.91 Å². The second-order valence-corrected chi connectivity index (χ2v) is 7.31. The highest BCUT2D eigenvalue weighted by atomic mass is 32.1. The van der Waals surface area contributed by atoms with Gasteiger partial charge in [0.1, 0.15) is 5.01 Å². The predicted octanol–water partition coefficient (Wildman–Crippen LogP) is 4.51. The first-order chi connectivity index (χ1) is 12.8. The molecule has 0 spiro atoms. The van der Waals surface area contributed by atoms with Crippen molar-refractivity contribution in [3.8, 4) is 21.3 Å². The summed E-state index contributed by atoms with van der Waals surface area (Å²) in [4.78, 5) is 26.5. The van der Waals surface area contributed by atoms with Crippen molar-refractivity contribution in [3.05, 3.63) is 71.3 Å². The van der Waals surface area contributed by atoms with Crippen molar-refractivity contribution in [1.29, 1.82) is 0 Å². The standard InChI is InChI=1S/C19H14N4OS2/c24-17(9-14-12-26-19(23-14)16-7-4-8-25-16)22-15-10-20-18(21-11-15)13-5-2-1-3-6-13/h1-8,10-12H,9H2,(H,22,24). The van der Waals surface area contributed by atoms with E-state index in [1.54, 1.807) is 35.1 Å². The van der Waals surface area contributed by atoms with Gasteiger partial charge in [-0.05, 0) is 11.4 Å². The highest BCUT2D eigenvalue weighted by Gasteiger charge is 2.10. The SMILES string of the molecule is O=C(Cc1csc(-c2cccs2)n1)Nc1cnc(-c2ccccc2)nc1. The Bertz CT molecular complexity index is 996. The van der Waals surface area contributed by atoms with Crippen LogP contribution in [0.4, 0.5) is 5.69 Å². The number of nitrogens with zero attached hydrogens (tertiary/aromatic N) is 3. The number of amides is 1. The van der Waals surface area contributed by atoms with Gasteiger partial charge < -0.3 is 5.32 Å². The Morgan fingerprint density at radius 3 is 2.54 bits per heavy atom. The lowest BCUT2D eigenvalue weighted by Crippen LogP contribution is -2.15. The van der Waals surface area contributed by atoms with E-state index >= 15 is 0 Å². The van der Waals surface area contributed by atoms with E-state index in [9.17, 15) is 4.79 Å². The maximum absolute atomic E-state index is 12.2. The molecular weight excluding hydrogens is 364 g/mol. The van der Waals surface area contributed by atoms with Crippen molar-refractivity contribution in [2.75, 3.05) is 5.32 Å². The van der Waals surface area contributed by atoms with Gasteiger partial charge in [0.15, 0.2) is 5.82 Å². The highest BCUT2D eigenvalue weighted by Crippen LogP contribution is 2.28. The average Bonchev–Trinajstić information content (AvgIpc) is 3.35. The third-order valence-corrected chi connectivity index (χ3v) is 5.52.